The highest BCUT2D eigenvalue weighted by molar-refractivity contribution is 7.74. The van der Waals surface area contributed by atoms with Crippen LogP contribution in [0.4, 0.5) is 0 Å². The van der Waals surface area contributed by atoms with Crippen molar-refractivity contribution in [3.05, 3.63) is 119 Å². The zero-order chi connectivity index (χ0) is 35.8. The van der Waals surface area contributed by atoms with Crippen LogP contribution in [0.25, 0.3) is 0 Å². The molecule has 4 aromatic rings. The van der Waals surface area contributed by atoms with Gasteiger partial charge in [-0.2, -0.15) is 0 Å². The lowest BCUT2D eigenvalue weighted by molar-refractivity contribution is 0.564. The van der Waals surface area contributed by atoms with Crippen molar-refractivity contribution in [3.63, 3.8) is 0 Å². The summed E-state index contributed by atoms with van der Waals surface area (Å²) >= 11 is 0. The van der Waals surface area contributed by atoms with Crippen LogP contribution >= 0.6 is 15.8 Å². The highest BCUT2D eigenvalue weighted by Crippen LogP contribution is 2.51. The molecule has 0 radical (unpaired) electrons. The molecule has 0 N–H and O–H groups in total. The van der Waals surface area contributed by atoms with Gasteiger partial charge in [-0.1, -0.05) is 201 Å². The molecule has 4 rings (SSSR count). The van der Waals surface area contributed by atoms with Gasteiger partial charge in [0.25, 0.3) is 0 Å². The van der Waals surface area contributed by atoms with E-state index in [4.69, 9.17) is 0 Å². The minimum Gasteiger partial charge on any atom is -0.0613 e. The average molecular weight is 679 g/mol. The van der Waals surface area contributed by atoms with E-state index in [1.807, 2.05) is 0 Å². The largest absolute Gasteiger partial charge is 0.0613 e. The molecule has 0 fully saturated rings. The molecule has 0 aliphatic rings. The predicted octanol–water partition coefficient (Wildman–Crippen LogP) is 11.9. The maximum Gasteiger partial charge on any atom is -0.0125 e. The number of benzene rings is 4. The Kier molecular flexibility index (Phi) is 11.7. The van der Waals surface area contributed by atoms with Crippen LogP contribution in [0.1, 0.15) is 126 Å². The van der Waals surface area contributed by atoms with Gasteiger partial charge in [0.15, 0.2) is 0 Å². The molecule has 2 atom stereocenters. The fraction of sp³-hybridized carbons (Fsp3) is 0.478. The molecular weight excluding hydrogens is 614 g/mol. The van der Waals surface area contributed by atoms with Crippen LogP contribution in [-0.2, 0) is 21.7 Å². The maximum absolute atomic E-state index is 2.54. The summed E-state index contributed by atoms with van der Waals surface area (Å²) in [6.45, 7) is 35.4. The smallest absolute Gasteiger partial charge is 0.0125 e. The van der Waals surface area contributed by atoms with Gasteiger partial charge in [-0.3, -0.25) is 0 Å². The average Bonchev–Trinajstić information content (AvgIpc) is 3.00. The molecule has 2 unspecified atom stereocenters. The van der Waals surface area contributed by atoms with E-state index >= 15 is 0 Å². The second kappa shape index (κ2) is 14.5. The molecule has 0 aliphatic carbocycles. The summed E-state index contributed by atoms with van der Waals surface area (Å²) in [5.41, 5.74) is 7.19. The normalized spacial score (nSPS) is 15.1. The highest BCUT2D eigenvalue weighted by atomic mass is 31.1. The molecule has 0 nitrogen and oxygen atoms in total. The molecule has 0 aromatic heterocycles. The zero-order valence-corrected chi connectivity index (χ0v) is 34.7. The van der Waals surface area contributed by atoms with Crippen LogP contribution in [0.2, 0.25) is 0 Å². The van der Waals surface area contributed by atoms with Crippen molar-refractivity contribution in [1.29, 1.82) is 0 Å². The maximum atomic E-state index is 2.54. The lowest BCUT2D eigenvalue weighted by Crippen LogP contribution is -2.33. The Labute approximate surface area is 298 Å². The summed E-state index contributed by atoms with van der Waals surface area (Å²) < 4.78 is 0. The van der Waals surface area contributed by atoms with Crippen molar-refractivity contribution in [2.24, 2.45) is 5.92 Å². The SMILES string of the molecule is CC(C(C)P(c1ccc(C(C)(C)C)cc1)c1ccc(C(C)(C)C)cc1)C(C)P(c1ccc(C(C)(C)C)cc1)c1ccc(C(C)(C)C)cc1. The first-order valence-corrected chi connectivity index (χ1v) is 20.9. The molecule has 0 heterocycles. The number of rotatable bonds is 8. The van der Waals surface area contributed by atoms with E-state index in [1.165, 1.54) is 43.5 Å². The van der Waals surface area contributed by atoms with E-state index in [-0.39, 0.29) is 21.7 Å². The van der Waals surface area contributed by atoms with Crippen LogP contribution < -0.4 is 21.2 Å². The lowest BCUT2D eigenvalue weighted by atomic mass is 9.87. The number of hydrogen-bond acceptors (Lipinski definition) is 0. The van der Waals surface area contributed by atoms with Crippen LogP contribution in [0.3, 0.4) is 0 Å². The minimum absolute atomic E-state index is 0.143. The Morgan fingerprint density at radius 1 is 0.312 bits per heavy atom. The summed E-state index contributed by atoms with van der Waals surface area (Å²) in [5.74, 6) is 0.511. The van der Waals surface area contributed by atoms with Crippen molar-refractivity contribution >= 4 is 37.1 Å². The van der Waals surface area contributed by atoms with Gasteiger partial charge >= 0.3 is 0 Å². The first-order valence-electron chi connectivity index (χ1n) is 18.1. The third kappa shape index (κ3) is 9.09. The van der Waals surface area contributed by atoms with Crippen molar-refractivity contribution in [1.82, 2.24) is 0 Å². The van der Waals surface area contributed by atoms with Gasteiger partial charge in [-0.15, -0.1) is 0 Å². The van der Waals surface area contributed by atoms with Crippen LogP contribution in [0, 0.1) is 5.92 Å². The van der Waals surface area contributed by atoms with E-state index in [1.54, 1.807) is 0 Å². The number of hydrogen-bond donors (Lipinski definition) is 0. The summed E-state index contributed by atoms with van der Waals surface area (Å²) in [7, 11) is -1.15. The Hall–Kier alpha value is -2.26. The summed E-state index contributed by atoms with van der Waals surface area (Å²) in [6.07, 6.45) is 0. The molecule has 48 heavy (non-hydrogen) atoms. The lowest BCUT2D eigenvalue weighted by Gasteiger charge is -2.38. The van der Waals surface area contributed by atoms with E-state index in [9.17, 15) is 0 Å². The first kappa shape index (κ1) is 38.5. The van der Waals surface area contributed by atoms with Crippen LogP contribution in [0.15, 0.2) is 97.1 Å². The van der Waals surface area contributed by atoms with Crippen molar-refractivity contribution in [2.75, 3.05) is 0 Å². The first-order chi connectivity index (χ1) is 22.1. The van der Waals surface area contributed by atoms with Gasteiger partial charge in [0, 0.05) is 0 Å². The Morgan fingerprint density at radius 3 is 0.625 bits per heavy atom. The van der Waals surface area contributed by atoms with Gasteiger partial charge in [0.1, 0.15) is 0 Å². The quantitative estimate of drug-likeness (QED) is 0.163. The predicted molar refractivity (Wildman–Crippen MR) is 221 cm³/mol. The summed E-state index contributed by atoms with van der Waals surface area (Å²) in [6, 6.07) is 38.6. The van der Waals surface area contributed by atoms with Gasteiger partial charge in [-0.05, 0) is 98.2 Å². The molecule has 4 aromatic carbocycles. The molecule has 0 aliphatic heterocycles. The monoisotopic (exact) mass is 678 g/mol. The zero-order valence-electron chi connectivity index (χ0n) is 32.9. The van der Waals surface area contributed by atoms with Crippen molar-refractivity contribution < 1.29 is 0 Å². The Morgan fingerprint density at radius 2 is 0.479 bits per heavy atom. The fourth-order valence-corrected chi connectivity index (χ4v) is 12.6. The second-order valence-electron chi connectivity index (χ2n) is 18.3. The van der Waals surface area contributed by atoms with Gasteiger partial charge in [0.2, 0.25) is 0 Å². The molecular formula is C46H64P2. The van der Waals surface area contributed by atoms with Gasteiger partial charge < -0.3 is 0 Å². The van der Waals surface area contributed by atoms with E-state index in [0.717, 1.165) is 0 Å². The minimum atomic E-state index is -0.574. The van der Waals surface area contributed by atoms with Gasteiger partial charge in [-0.25, -0.2) is 0 Å². The molecule has 0 bridgehead atoms. The van der Waals surface area contributed by atoms with Crippen molar-refractivity contribution in [2.45, 2.75) is 137 Å². The molecule has 2 heteroatoms. The van der Waals surface area contributed by atoms with Crippen LogP contribution in [-0.4, -0.2) is 11.3 Å². The Balaban J connectivity index is 1.79. The van der Waals surface area contributed by atoms with E-state index in [2.05, 4.69) is 201 Å². The molecule has 0 saturated carbocycles. The van der Waals surface area contributed by atoms with E-state index < -0.39 is 15.8 Å². The summed E-state index contributed by atoms with van der Waals surface area (Å²) in [4.78, 5) is 0. The molecule has 0 saturated heterocycles. The molecule has 0 amide bonds. The second-order valence-corrected chi connectivity index (χ2v) is 23.4. The highest BCUT2D eigenvalue weighted by Gasteiger charge is 2.34. The van der Waals surface area contributed by atoms with Crippen LogP contribution in [0.5, 0.6) is 0 Å². The van der Waals surface area contributed by atoms with Gasteiger partial charge in [0.05, 0.1) is 0 Å². The third-order valence-electron chi connectivity index (χ3n) is 10.4. The molecule has 258 valence electrons. The summed E-state index contributed by atoms with van der Waals surface area (Å²) in [5, 5.41) is 5.95. The topological polar surface area (TPSA) is 0 Å². The Bertz CT molecular complexity index is 1360. The van der Waals surface area contributed by atoms with E-state index in [0.29, 0.717) is 17.2 Å². The standard InChI is InChI=1S/C46H64P2/c1-32(33(2)47(39-24-16-35(17-25-39)43(4,5)6)40-26-18-36(19-27-40)44(7,8)9)34(3)48(41-28-20-37(21-29-41)45(10,11)12)42-30-22-38(23-31-42)46(13,14)15/h16-34H,1-15H3. The fourth-order valence-electron chi connectivity index (χ4n) is 6.60. The third-order valence-corrected chi connectivity index (χ3v) is 16.4. The molecule has 0 spiro atoms. The van der Waals surface area contributed by atoms with Crippen molar-refractivity contribution in [3.8, 4) is 0 Å².